The molecule has 0 heterocycles. The van der Waals surface area contributed by atoms with Crippen molar-refractivity contribution in [2.24, 2.45) is 10.8 Å². The molecule has 0 atom stereocenters. The van der Waals surface area contributed by atoms with Gasteiger partial charge in [-0.05, 0) is 42.6 Å². The predicted molar refractivity (Wildman–Crippen MR) is 80.1 cm³/mol. The highest BCUT2D eigenvalue weighted by Gasteiger charge is 2.29. The summed E-state index contributed by atoms with van der Waals surface area (Å²) in [6.07, 6.45) is 0. The van der Waals surface area contributed by atoms with Crippen molar-refractivity contribution in [2.75, 3.05) is 0 Å². The molecule has 0 amide bonds. The quantitative estimate of drug-likeness (QED) is 0.668. The lowest BCUT2D eigenvalue weighted by molar-refractivity contribution is 0.401. The Balaban J connectivity index is 4.53. The van der Waals surface area contributed by atoms with Crippen LogP contribution >= 0.6 is 0 Å². The van der Waals surface area contributed by atoms with Crippen LogP contribution in [0.3, 0.4) is 0 Å². The normalized spacial score (nSPS) is 14.6. The van der Waals surface area contributed by atoms with Crippen LogP contribution in [-0.4, -0.2) is 17.4 Å². The van der Waals surface area contributed by atoms with Gasteiger partial charge in [-0.3, -0.25) is 0 Å². The van der Waals surface area contributed by atoms with Crippen LogP contribution in [0.4, 0.5) is 0 Å². The van der Waals surface area contributed by atoms with Gasteiger partial charge in [-0.2, -0.15) is 0 Å². The van der Waals surface area contributed by atoms with Crippen molar-refractivity contribution in [3.05, 3.63) is 0 Å². The maximum absolute atomic E-state index is 6.47. The Morgan fingerprint density at radius 2 is 1.12 bits per heavy atom. The summed E-state index contributed by atoms with van der Waals surface area (Å²) in [5.74, 6) is 0. The highest BCUT2D eigenvalue weighted by molar-refractivity contribution is 6.77. The molecule has 0 aliphatic heterocycles. The third-order valence-corrected chi connectivity index (χ3v) is 9.72. The second-order valence-electron chi connectivity index (χ2n) is 8.38. The van der Waals surface area contributed by atoms with Crippen molar-refractivity contribution in [3.8, 4) is 0 Å². The summed E-state index contributed by atoms with van der Waals surface area (Å²) in [5, 5.41) is 0. The number of rotatable bonds is 4. The average Bonchev–Trinajstić information content (AvgIpc) is 1.70. The zero-order chi connectivity index (χ0) is 13.2. The molecule has 3 heteroatoms. The molecule has 0 N–H and O–H groups in total. The lowest BCUT2D eigenvalue weighted by Crippen LogP contribution is -2.38. The third kappa shape index (κ3) is 10.9. The summed E-state index contributed by atoms with van der Waals surface area (Å²) >= 11 is 0. The lowest BCUT2D eigenvalue weighted by Gasteiger charge is -2.34. The Hall–Kier alpha value is 0.394. The molecule has 0 rings (SSSR count). The van der Waals surface area contributed by atoms with Crippen LogP contribution < -0.4 is 0 Å². The molecule has 0 saturated heterocycles. The monoisotopic (exact) mass is 260 g/mol. The molecule has 0 spiro atoms. The second kappa shape index (κ2) is 5.36. The van der Waals surface area contributed by atoms with Gasteiger partial charge in [0.25, 0.3) is 0 Å². The highest BCUT2D eigenvalue weighted by atomic mass is 28.4. The predicted octanol–water partition coefficient (Wildman–Crippen LogP) is 4.65. The Morgan fingerprint density at radius 3 is 1.31 bits per heavy atom. The van der Waals surface area contributed by atoms with E-state index < -0.39 is 17.4 Å². The molecule has 0 fully saturated rings. The molecule has 0 unspecified atom stereocenters. The van der Waals surface area contributed by atoms with E-state index in [9.17, 15) is 0 Å². The van der Waals surface area contributed by atoms with E-state index in [1.165, 1.54) is 12.1 Å². The van der Waals surface area contributed by atoms with Crippen LogP contribution in [0.2, 0.25) is 31.7 Å². The van der Waals surface area contributed by atoms with Gasteiger partial charge in [0.15, 0.2) is 17.4 Å². The van der Waals surface area contributed by atoms with Gasteiger partial charge >= 0.3 is 0 Å². The molecule has 0 bridgehead atoms. The molecule has 0 aromatic heterocycles. The topological polar surface area (TPSA) is 9.23 Å². The Labute approximate surface area is 106 Å². The van der Waals surface area contributed by atoms with E-state index in [0.29, 0.717) is 10.8 Å². The minimum absolute atomic E-state index is 0.418. The first-order valence-corrected chi connectivity index (χ1v) is 12.0. The van der Waals surface area contributed by atoms with Crippen LogP contribution in [0.15, 0.2) is 0 Å². The summed E-state index contributed by atoms with van der Waals surface area (Å²) < 4.78 is 6.47. The van der Waals surface area contributed by atoms with E-state index in [-0.39, 0.29) is 0 Å². The zero-order valence-electron chi connectivity index (χ0n) is 12.9. The summed E-state index contributed by atoms with van der Waals surface area (Å²) in [6.45, 7) is 21.0. The fourth-order valence-corrected chi connectivity index (χ4v) is 9.56. The Kier molecular flexibility index (Phi) is 5.49. The van der Waals surface area contributed by atoms with E-state index in [2.05, 4.69) is 61.2 Å². The van der Waals surface area contributed by atoms with E-state index in [1.54, 1.807) is 0 Å². The van der Waals surface area contributed by atoms with Gasteiger partial charge in [0, 0.05) is 0 Å². The fraction of sp³-hybridized carbons (Fsp3) is 1.00. The molecule has 0 aromatic carbocycles. The van der Waals surface area contributed by atoms with E-state index >= 15 is 0 Å². The van der Waals surface area contributed by atoms with E-state index in [1.807, 2.05) is 0 Å². The van der Waals surface area contributed by atoms with Crippen molar-refractivity contribution in [3.63, 3.8) is 0 Å². The first-order chi connectivity index (χ1) is 6.79. The maximum atomic E-state index is 6.47. The Morgan fingerprint density at radius 1 is 0.812 bits per heavy atom. The molecule has 98 valence electrons. The van der Waals surface area contributed by atoms with Crippen molar-refractivity contribution in [1.82, 2.24) is 0 Å². The van der Waals surface area contributed by atoms with Gasteiger partial charge in [-0.1, -0.05) is 41.5 Å². The van der Waals surface area contributed by atoms with Crippen LogP contribution in [0.1, 0.15) is 41.5 Å². The average molecular weight is 261 g/mol. The molecule has 0 saturated carbocycles. The second-order valence-corrected chi connectivity index (χ2v) is 15.6. The van der Waals surface area contributed by atoms with Gasteiger partial charge in [0.05, 0.1) is 0 Å². The van der Waals surface area contributed by atoms with Crippen molar-refractivity contribution < 1.29 is 4.12 Å². The smallest absolute Gasteiger partial charge is 0.170 e. The maximum Gasteiger partial charge on any atom is 0.170 e. The van der Waals surface area contributed by atoms with Crippen molar-refractivity contribution in [2.45, 2.75) is 73.3 Å². The zero-order valence-corrected chi connectivity index (χ0v) is 15.1. The van der Waals surface area contributed by atoms with E-state index in [4.69, 9.17) is 4.12 Å². The standard InChI is InChI=1S/C13H32OSi2/c1-12(2,3)10-15(11-13(4,5)6)14-16(7,8)9/h15H,10-11H2,1-9H3. The molecule has 0 aromatic rings. The van der Waals surface area contributed by atoms with E-state index in [0.717, 1.165) is 0 Å². The SMILES string of the molecule is CC(C)(C)C[SiH](CC(C)(C)C)O[Si](C)(C)C. The molecular formula is C13H32OSi2. The number of hydrogen-bond donors (Lipinski definition) is 0. The van der Waals surface area contributed by atoms with Crippen molar-refractivity contribution in [1.29, 1.82) is 0 Å². The molecule has 0 aliphatic carbocycles. The number of hydrogen-bond acceptors (Lipinski definition) is 1. The molecular weight excluding hydrogens is 228 g/mol. The lowest BCUT2D eigenvalue weighted by atomic mass is 10.00. The van der Waals surface area contributed by atoms with Gasteiger partial charge in [0.2, 0.25) is 0 Å². The molecule has 0 aliphatic rings. The highest BCUT2D eigenvalue weighted by Crippen LogP contribution is 2.31. The summed E-state index contributed by atoms with van der Waals surface area (Å²) in [4.78, 5) is 0. The minimum atomic E-state index is -1.36. The van der Waals surface area contributed by atoms with Gasteiger partial charge in [0.1, 0.15) is 0 Å². The van der Waals surface area contributed by atoms with Crippen LogP contribution in [0, 0.1) is 10.8 Å². The summed E-state index contributed by atoms with van der Waals surface area (Å²) in [7, 11) is -2.41. The van der Waals surface area contributed by atoms with Gasteiger partial charge < -0.3 is 4.12 Å². The molecule has 0 radical (unpaired) electrons. The summed E-state index contributed by atoms with van der Waals surface area (Å²) in [6, 6.07) is 2.60. The van der Waals surface area contributed by atoms with Gasteiger partial charge in [-0.25, -0.2) is 0 Å². The van der Waals surface area contributed by atoms with Crippen LogP contribution in [0.5, 0.6) is 0 Å². The minimum Gasteiger partial charge on any atom is -0.458 e. The first kappa shape index (κ1) is 16.4. The van der Waals surface area contributed by atoms with Gasteiger partial charge in [-0.15, -0.1) is 0 Å². The van der Waals surface area contributed by atoms with Crippen LogP contribution in [-0.2, 0) is 4.12 Å². The van der Waals surface area contributed by atoms with Crippen molar-refractivity contribution >= 4 is 17.4 Å². The largest absolute Gasteiger partial charge is 0.458 e. The first-order valence-electron chi connectivity index (χ1n) is 6.46. The van der Waals surface area contributed by atoms with Crippen LogP contribution in [0.25, 0.3) is 0 Å². The Bertz CT molecular complexity index is 167. The molecule has 16 heavy (non-hydrogen) atoms. The summed E-state index contributed by atoms with van der Waals surface area (Å²) in [5.41, 5.74) is 0.837. The molecule has 1 nitrogen and oxygen atoms in total. The third-order valence-electron chi connectivity index (χ3n) is 2.20. The fourth-order valence-electron chi connectivity index (χ4n) is 2.02.